The summed E-state index contributed by atoms with van der Waals surface area (Å²) in [5.41, 5.74) is 6.18. The van der Waals surface area contributed by atoms with Crippen LogP contribution in [0.3, 0.4) is 0 Å². The minimum atomic E-state index is -4.58. The van der Waals surface area contributed by atoms with Crippen LogP contribution in [0.4, 0.5) is 13.2 Å². The van der Waals surface area contributed by atoms with Crippen LogP contribution >= 0.6 is 0 Å². The van der Waals surface area contributed by atoms with E-state index in [1.54, 1.807) is 12.3 Å². The first-order chi connectivity index (χ1) is 13.4. The van der Waals surface area contributed by atoms with Crippen molar-refractivity contribution in [1.29, 1.82) is 0 Å². The molecule has 0 unspecified atom stereocenters. The first-order valence-electron chi connectivity index (χ1n) is 8.82. The molecule has 3 aromatic rings. The number of hydrogen-bond acceptors (Lipinski definition) is 4. The van der Waals surface area contributed by atoms with Gasteiger partial charge in [-0.25, -0.2) is 15.0 Å². The molecule has 0 spiro atoms. The van der Waals surface area contributed by atoms with Gasteiger partial charge >= 0.3 is 6.18 Å². The van der Waals surface area contributed by atoms with Crippen molar-refractivity contribution in [3.05, 3.63) is 47.6 Å². The largest absolute Gasteiger partial charge is 0.433 e. The number of nitrogens with one attached hydrogen (secondary N) is 1. The number of pyridine rings is 1. The zero-order chi connectivity index (χ0) is 21.4. The number of fused-ring (bicyclic) bond motifs is 1. The number of carbonyl (C=O) groups excluding carboxylic acids is 1. The van der Waals surface area contributed by atoms with Crippen molar-refractivity contribution in [2.24, 2.45) is 11.1 Å². The number of hydrogen-bond donors (Lipinski definition) is 2. The van der Waals surface area contributed by atoms with Crippen molar-refractivity contribution < 1.29 is 18.0 Å². The molecule has 152 valence electrons. The summed E-state index contributed by atoms with van der Waals surface area (Å²) in [4.78, 5) is 26.4. The van der Waals surface area contributed by atoms with Gasteiger partial charge in [-0.3, -0.25) is 4.79 Å². The number of aromatic nitrogens is 4. The second kappa shape index (κ2) is 7.31. The molecule has 1 amide bonds. The molecule has 0 atom stereocenters. The summed E-state index contributed by atoms with van der Waals surface area (Å²) in [7, 11) is 0. The lowest BCUT2D eigenvalue weighted by molar-refractivity contribution is -0.141. The van der Waals surface area contributed by atoms with E-state index >= 15 is 0 Å². The van der Waals surface area contributed by atoms with Gasteiger partial charge in [0, 0.05) is 29.1 Å². The Kier molecular flexibility index (Phi) is 5.16. The molecule has 0 bridgehead atoms. The fourth-order valence-electron chi connectivity index (χ4n) is 2.86. The highest BCUT2D eigenvalue weighted by Crippen LogP contribution is 2.33. The Morgan fingerprint density at radius 1 is 1.21 bits per heavy atom. The predicted octanol–water partition coefficient (Wildman–Crippen LogP) is 4.13. The summed E-state index contributed by atoms with van der Waals surface area (Å²) < 4.78 is 40.2. The number of aromatic amines is 1. The van der Waals surface area contributed by atoms with E-state index in [9.17, 15) is 18.0 Å². The molecule has 29 heavy (non-hydrogen) atoms. The van der Waals surface area contributed by atoms with Crippen LogP contribution < -0.4 is 5.73 Å². The molecule has 9 heteroatoms. The second-order valence-corrected chi connectivity index (χ2v) is 7.90. The van der Waals surface area contributed by atoms with E-state index in [2.05, 4.69) is 19.9 Å². The Labute approximate surface area is 165 Å². The van der Waals surface area contributed by atoms with Crippen LogP contribution in [-0.2, 0) is 17.4 Å². The predicted molar refractivity (Wildman–Crippen MR) is 104 cm³/mol. The number of H-pyrrole nitrogens is 1. The van der Waals surface area contributed by atoms with Gasteiger partial charge in [0.05, 0.1) is 11.9 Å². The number of nitrogens with zero attached hydrogens (tertiary/aromatic N) is 3. The van der Waals surface area contributed by atoms with Crippen molar-refractivity contribution >= 4 is 23.1 Å². The van der Waals surface area contributed by atoms with E-state index in [4.69, 9.17) is 5.73 Å². The molecular weight excluding hydrogens is 383 g/mol. The lowest BCUT2D eigenvalue weighted by Gasteiger charge is -2.19. The summed E-state index contributed by atoms with van der Waals surface area (Å²) in [5, 5.41) is 0. The van der Waals surface area contributed by atoms with E-state index in [-0.39, 0.29) is 16.7 Å². The molecule has 3 rings (SSSR count). The highest BCUT2D eigenvalue weighted by molar-refractivity contribution is 5.93. The topological polar surface area (TPSA) is 97.6 Å². The summed E-state index contributed by atoms with van der Waals surface area (Å²) in [6.07, 6.45) is 1.42. The molecular formula is C20H20F3N5O. The van der Waals surface area contributed by atoms with Crippen molar-refractivity contribution in [3.63, 3.8) is 0 Å². The zero-order valence-corrected chi connectivity index (χ0v) is 16.1. The molecule has 0 aliphatic rings. The number of amides is 1. The molecule has 3 N–H and O–H groups in total. The maximum absolute atomic E-state index is 13.4. The smallest absolute Gasteiger partial charge is 0.366 e. The maximum atomic E-state index is 13.4. The zero-order valence-electron chi connectivity index (χ0n) is 16.1. The first-order valence-corrected chi connectivity index (χ1v) is 8.82. The van der Waals surface area contributed by atoms with Crippen molar-refractivity contribution in [3.8, 4) is 11.3 Å². The van der Waals surface area contributed by atoms with Crippen LogP contribution in [0.5, 0.6) is 0 Å². The molecule has 0 fully saturated rings. The Morgan fingerprint density at radius 2 is 1.93 bits per heavy atom. The second-order valence-electron chi connectivity index (χ2n) is 7.90. The average molecular weight is 403 g/mol. The molecule has 0 saturated carbocycles. The van der Waals surface area contributed by atoms with Gasteiger partial charge in [0.2, 0.25) is 5.91 Å². The lowest BCUT2D eigenvalue weighted by Crippen LogP contribution is -2.15. The molecule has 0 aromatic carbocycles. The Hall–Kier alpha value is -3.23. The summed E-state index contributed by atoms with van der Waals surface area (Å²) in [6.45, 7) is 5.78. The number of alkyl halides is 3. The fourth-order valence-corrected chi connectivity index (χ4v) is 2.86. The van der Waals surface area contributed by atoms with Gasteiger partial charge in [-0.2, -0.15) is 13.2 Å². The molecule has 3 aromatic heterocycles. The monoisotopic (exact) mass is 403 g/mol. The molecule has 0 saturated heterocycles. The standard InChI is InChI=1S/C20H20F3N5O/c1-19(2,3)8-13-6-12(7-15(27-13)20(21,22)23)14-10-26-18-17(28-14)11(9-25-18)4-5-16(24)29/h4-7,9-10H,8H2,1-3H3,(H2,24,29)(H,25,26). The van der Waals surface area contributed by atoms with E-state index in [1.807, 2.05) is 20.8 Å². The lowest BCUT2D eigenvalue weighted by atomic mass is 9.89. The number of nitrogens with two attached hydrogens (primary N) is 1. The minimum absolute atomic E-state index is 0.239. The fraction of sp³-hybridized carbons (Fsp3) is 0.300. The summed E-state index contributed by atoms with van der Waals surface area (Å²) >= 11 is 0. The van der Waals surface area contributed by atoms with E-state index in [1.165, 1.54) is 18.3 Å². The highest BCUT2D eigenvalue weighted by Gasteiger charge is 2.33. The number of rotatable bonds is 4. The van der Waals surface area contributed by atoms with Crippen molar-refractivity contribution in [1.82, 2.24) is 19.9 Å². The molecule has 6 nitrogen and oxygen atoms in total. The number of halogens is 3. The van der Waals surface area contributed by atoms with Crippen LogP contribution in [0.25, 0.3) is 28.5 Å². The van der Waals surface area contributed by atoms with Gasteiger partial charge in [-0.05, 0) is 30.0 Å². The van der Waals surface area contributed by atoms with Crippen LogP contribution in [0.2, 0.25) is 0 Å². The van der Waals surface area contributed by atoms with Gasteiger partial charge in [-0.1, -0.05) is 20.8 Å². The Morgan fingerprint density at radius 3 is 2.55 bits per heavy atom. The maximum Gasteiger partial charge on any atom is 0.433 e. The number of primary amides is 1. The van der Waals surface area contributed by atoms with E-state index < -0.39 is 17.8 Å². The first kappa shape index (κ1) is 20.5. The molecule has 0 radical (unpaired) electrons. The van der Waals surface area contributed by atoms with Crippen molar-refractivity contribution in [2.75, 3.05) is 0 Å². The molecule has 0 aliphatic heterocycles. The minimum Gasteiger partial charge on any atom is -0.366 e. The third-order valence-electron chi connectivity index (χ3n) is 4.01. The third kappa shape index (κ3) is 4.98. The third-order valence-corrected chi connectivity index (χ3v) is 4.01. The van der Waals surface area contributed by atoms with Gasteiger partial charge in [0.15, 0.2) is 5.65 Å². The van der Waals surface area contributed by atoms with Gasteiger partial charge in [0.1, 0.15) is 11.2 Å². The Balaban J connectivity index is 2.13. The van der Waals surface area contributed by atoms with Crippen molar-refractivity contribution in [2.45, 2.75) is 33.4 Å². The summed E-state index contributed by atoms with van der Waals surface area (Å²) in [6, 6.07) is 2.56. The SMILES string of the molecule is CC(C)(C)Cc1cc(-c2cnc3[nH]cc(C=CC(N)=O)c3n2)cc(C(F)(F)F)n1. The van der Waals surface area contributed by atoms with Gasteiger partial charge < -0.3 is 10.7 Å². The van der Waals surface area contributed by atoms with Crippen LogP contribution in [0, 0.1) is 5.41 Å². The normalized spacial score (nSPS) is 12.8. The average Bonchev–Trinajstić information content (AvgIpc) is 2.99. The summed E-state index contributed by atoms with van der Waals surface area (Å²) in [5.74, 6) is -0.626. The molecule has 3 heterocycles. The van der Waals surface area contributed by atoms with Gasteiger partial charge in [0.25, 0.3) is 0 Å². The van der Waals surface area contributed by atoms with Gasteiger partial charge in [-0.15, -0.1) is 0 Å². The van der Waals surface area contributed by atoms with Crippen LogP contribution in [0.15, 0.2) is 30.6 Å². The van der Waals surface area contributed by atoms with Crippen LogP contribution in [0.1, 0.15) is 37.7 Å². The van der Waals surface area contributed by atoms with Crippen LogP contribution in [-0.4, -0.2) is 25.8 Å². The van der Waals surface area contributed by atoms with E-state index in [0.717, 1.165) is 6.07 Å². The van der Waals surface area contributed by atoms with E-state index in [0.29, 0.717) is 28.8 Å². The Bertz CT molecular complexity index is 1090. The molecule has 0 aliphatic carbocycles. The quantitative estimate of drug-likeness (QED) is 0.640. The number of carbonyl (C=O) groups is 1. The highest BCUT2D eigenvalue weighted by atomic mass is 19.4.